The largest absolute Gasteiger partial charge is 0.275 e. The van der Waals surface area contributed by atoms with Crippen LogP contribution in [0.1, 0.15) is 24.9 Å². The molecule has 1 aromatic carbocycles. The molecule has 1 aromatic rings. The van der Waals surface area contributed by atoms with Crippen LogP contribution in [-0.4, -0.2) is 26.4 Å². The van der Waals surface area contributed by atoms with Gasteiger partial charge in [0, 0.05) is 9.65 Å². The molecule has 0 spiro atoms. The highest BCUT2D eigenvalue weighted by molar-refractivity contribution is 9.12. The van der Waals surface area contributed by atoms with Crippen molar-refractivity contribution in [1.82, 2.24) is 4.90 Å². The van der Waals surface area contributed by atoms with Crippen molar-refractivity contribution < 1.29 is 9.59 Å². The number of benzene rings is 1. The van der Waals surface area contributed by atoms with Gasteiger partial charge in [0.05, 0.1) is 17.9 Å². The van der Waals surface area contributed by atoms with Crippen molar-refractivity contribution >= 4 is 43.7 Å². The molecule has 3 fully saturated rings. The molecule has 2 saturated carbocycles. The van der Waals surface area contributed by atoms with Crippen LogP contribution in [0.5, 0.6) is 0 Å². The minimum atomic E-state index is -0.186. The van der Waals surface area contributed by atoms with E-state index in [1.807, 2.05) is 37.3 Å². The lowest BCUT2D eigenvalue weighted by molar-refractivity contribution is -0.143. The van der Waals surface area contributed by atoms with Gasteiger partial charge in [0.25, 0.3) is 0 Å². The van der Waals surface area contributed by atoms with Crippen molar-refractivity contribution in [1.29, 1.82) is 0 Å². The summed E-state index contributed by atoms with van der Waals surface area (Å²) in [7, 11) is 0. The molecule has 2 bridgehead atoms. The summed E-state index contributed by atoms with van der Waals surface area (Å²) in [5.41, 5.74) is 1.02. The van der Waals surface area contributed by atoms with Gasteiger partial charge < -0.3 is 0 Å². The van der Waals surface area contributed by atoms with Crippen LogP contribution in [0.25, 0.3) is 0 Å². The highest BCUT2D eigenvalue weighted by Gasteiger charge is 2.66. The van der Waals surface area contributed by atoms with E-state index in [9.17, 15) is 9.59 Å². The fraction of sp³-hybridized carbons (Fsp3) is 0.529. The summed E-state index contributed by atoms with van der Waals surface area (Å²) >= 11 is 7.44. The van der Waals surface area contributed by atoms with Gasteiger partial charge in [-0.15, -0.1) is 0 Å². The Morgan fingerprint density at radius 3 is 2.00 bits per heavy atom. The van der Waals surface area contributed by atoms with Crippen LogP contribution >= 0.6 is 31.9 Å². The third-order valence-corrected chi connectivity index (χ3v) is 8.90. The number of alkyl halides is 2. The Balaban J connectivity index is 1.67. The molecule has 1 heterocycles. The number of fused-ring (bicyclic) bond motifs is 5. The Morgan fingerprint density at radius 2 is 1.50 bits per heavy atom. The summed E-state index contributed by atoms with van der Waals surface area (Å²) in [5, 5.41) is 0. The van der Waals surface area contributed by atoms with Gasteiger partial charge in [0.1, 0.15) is 0 Å². The monoisotopic (exact) mass is 425 g/mol. The number of nitrogens with zero attached hydrogens (tertiary/aromatic N) is 1. The highest BCUT2D eigenvalue weighted by Crippen LogP contribution is 2.60. The van der Waals surface area contributed by atoms with Gasteiger partial charge in [-0.25, -0.2) is 0 Å². The quantitative estimate of drug-likeness (QED) is 0.535. The van der Waals surface area contributed by atoms with Crippen molar-refractivity contribution in [2.75, 3.05) is 0 Å². The number of rotatable bonds is 2. The molecule has 2 aliphatic carbocycles. The van der Waals surface area contributed by atoms with Crippen molar-refractivity contribution in [2.24, 2.45) is 23.7 Å². The summed E-state index contributed by atoms with van der Waals surface area (Å²) < 4.78 is 0. The van der Waals surface area contributed by atoms with Gasteiger partial charge in [-0.05, 0) is 30.7 Å². The van der Waals surface area contributed by atoms with E-state index in [-0.39, 0.29) is 41.5 Å². The molecular weight excluding hydrogens is 410 g/mol. The Labute approximate surface area is 146 Å². The molecular formula is C17H17Br2NO2. The van der Waals surface area contributed by atoms with Crippen LogP contribution in [0.3, 0.4) is 0 Å². The van der Waals surface area contributed by atoms with E-state index in [4.69, 9.17) is 0 Å². The highest BCUT2D eigenvalue weighted by atomic mass is 79.9. The van der Waals surface area contributed by atoms with Gasteiger partial charge in [-0.2, -0.15) is 0 Å². The third-order valence-electron chi connectivity index (χ3n) is 5.69. The van der Waals surface area contributed by atoms with Crippen molar-refractivity contribution in [2.45, 2.75) is 29.0 Å². The Kier molecular flexibility index (Phi) is 3.49. The summed E-state index contributed by atoms with van der Waals surface area (Å²) in [6.45, 7) is 1.95. The lowest BCUT2D eigenvalue weighted by Gasteiger charge is -2.28. The van der Waals surface area contributed by atoms with E-state index < -0.39 is 0 Å². The van der Waals surface area contributed by atoms with E-state index in [1.165, 1.54) is 4.90 Å². The molecule has 1 saturated heterocycles. The van der Waals surface area contributed by atoms with Gasteiger partial charge in [-0.1, -0.05) is 62.2 Å². The number of hydrogen-bond donors (Lipinski definition) is 0. The van der Waals surface area contributed by atoms with Gasteiger partial charge >= 0.3 is 0 Å². The first-order chi connectivity index (χ1) is 10.5. The molecule has 0 aromatic heterocycles. The molecule has 7 atom stereocenters. The lowest BCUT2D eigenvalue weighted by atomic mass is 9.81. The predicted molar refractivity (Wildman–Crippen MR) is 90.7 cm³/mol. The molecule has 3 nitrogen and oxygen atoms in total. The number of likely N-dealkylation sites (tertiary alicyclic amines) is 1. The minimum Gasteiger partial charge on any atom is -0.275 e. The van der Waals surface area contributed by atoms with Crippen LogP contribution in [0.15, 0.2) is 30.3 Å². The average Bonchev–Trinajstić information content (AvgIpc) is 3.13. The topological polar surface area (TPSA) is 37.4 Å². The van der Waals surface area contributed by atoms with E-state index in [0.717, 1.165) is 12.0 Å². The maximum Gasteiger partial charge on any atom is 0.233 e. The van der Waals surface area contributed by atoms with Crippen molar-refractivity contribution in [3.05, 3.63) is 35.9 Å². The summed E-state index contributed by atoms with van der Waals surface area (Å²) in [5.74, 6) is 0.377. The van der Waals surface area contributed by atoms with E-state index in [1.54, 1.807) is 0 Å². The molecule has 0 radical (unpaired) electrons. The van der Waals surface area contributed by atoms with Gasteiger partial charge in [0.15, 0.2) is 0 Å². The first-order valence-electron chi connectivity index (χ1n) is 7.72. The minimum absolute atomic E-state index is 0.0303. The summed E-state index contributed by atoms with van der Waals surface area (Å²) in [6.07, 6.45) is 0.978. The van der Waals surface area contributed by atoms with Crippen LogP contribution in [-0.2, 0) is 9.59 Å². The third kappa shape index (κ3) is 1.84. The first-order valence-corrected chi connectivity index (χ1v) is 9.55. The van der Waals surface area contributed by atoms with E-state index >= 15 is 0 Å². The zero-order chi connectivity index (χ0) is 15.6. The van der Waals surface area contributed by atoms with Crippen molar-refractivity contribution in [3.8, 4) is 0 Å². The second-order valence-electron chi connectivity index (χ2n) is 6.64. The van der Waals surface area contributed by atoms with Crippen LogP contribution in [0.2, 0.25) is 0 Å². The van der Waals surface area contributed by atoms with Crippen molar-refractivity contribution in [3.63, 3.8) is 0 Å². The zero-order valence-corrected chi connectivity index (χ0v) is 15.3. The molecule has 5 heteroatoms. The zero-order valence-electron chi connectivity index (χ0n) is 12.2. The Hall–Kier alpha value is -0.680. The second kappa shape index (κ2) is 5.17. The van der Waals surface area contributed by atoms with Crippen LogP contribution in [0.4, 0.5) is 0 Å². The Bertz CT molecular complexity index is 603. The standard InChI is InChI=1S/C17H17Br2NO2/c1-8(9-5-3-2-4-6-9)20-16(21)12-10-7-11(13(12)17(20)22)15(19)14(10)18/h2-6,8,10-15H,7H2,1H3/t8-,10-,11+,12-,13-,14+,15+/m0/s1. The molecule has 0 N–H and O–H groups in total. The maximum absolute atomic E-state index is 12.9. The number of amides is 2. The number of carbonyl (C=O) groups is 2. The molecule has 4 rings (SSSR count). The fourth-order valence-corrected chi connectivity index (χ4v) is 6.51. The number of imide groups is 1. The lowest BCUT2D eigenvalue weighted by Crippen LogP contribution is -2.37. The van der Waals surface area contributed by atoms with Crippen LogP contribution in [0, 0.1) is 23.7 Å². The second-order valence-corrected chi connectivity index (χ2v) is 8.75. The van der Waals surface area contributed by atoms with Gasteiger partial charge in [-0.3, -0.25) is 14.5 Å². The van der Waals surface area contributed by atoms with E-state index in [0.29, 0.717) is 9.65 Å². The smallest absolute Gasteiger partial charge is 0.233 e. The maximum atomic E-state index is 12.9. The summed E-state index contributed by atoms with van der Waals surface area (Å²) in [4.78, 5) is 28.0. The molecule has 22 heavy (non-hydrogen) atoms. The van der Waals surface area contributed by atoms with E-state index in [2.05, 4.69) is 31.9 Å². The molecule has 116 valence electrons. The number of carbonyl (C=O) groups excluding carboxylic acids is 2. The number of hydrogen-bond acceptors (Lipinski definition) is 2. The van der Waals surface area contributed by atoms with Gasteiger partial charge in [0.2, 0.25) is 11.8 Å². The average molecular weight is 427 g/mol. The normalized spacial score (nSPS) is 41.1. The van der Waals surface area contributed by atoms with Crippen LogP contribution < -0.4 is 0 Å². The molecule has 3 aliphatic rings. The first kappa shape index (κ1) is 14.9. The molecule has 0 unspecified atom stereocenters. The molecule has 1 aliphatic heterocycles. The predicted octanol–water partition coefficient (Wildman–Crippen LogP) is 3.53. The SMILES string of the molecule is C[C@@H](c1ccccc1)N1C(=O)[C@H]2[C@@H]3C[C@@H]([C@@H](Br)[C@@H]3Br)[C@@H]2C1=O. The Morgan fingerprint density at radius 1 is 1.00 bits per heavy atom. The number of halogens is 2. The fourth-order valence-electron chi connectivity index (χ4n) is 4.63. The summed E-state index contributed by atoms with van der Waals surface area (Å²) in [6, 6.07) is 9.62. The molecule has 2 amide bonds.